The molecule has 36 heavy (non-hydrogen) atoms. The molecule has 0 bridgehead atoms. The first kappa shape index (κ1) is 25.0. The second kappa shape index (κ2) is 11.2. The second-order valence-electron chi connectivity index (χ2n) is 11.4. The minimum absolute atomic E-state index is 0.0585. The van der Waals surface area contributed by atoms with E-state index in [4.69, 9.17) is 0 Å². The number of rotatable bonds is 7. The van der Waals surface area contributed by atoms with Crippen LogP contribution in [0.2, 0.25) is 0 Å². The number of nitrogens with zero attached hydrogens (tertiary/aromatic N) is 2. The van der Waals surface area contributed by atoms with Crippen LogP contribution in [0.4, 0.5) is 0 Å². The van der Waals surface area contributed by atoms with Crippen molar-refractivity contribution in [3.8, 4) is 0 Å². The minimum atomic E-state index is 0.0585. The van der Waals surface area contributed by atoms with Gasteiger partial charge in [-0.3, -0.25) is 9.59 Å². The lowest BCUT2D eigenvalue weighted by atomic mass is 9.88. The van der Waals surface area contributed by atoms with Gasteiger partial charge in [0, 0.05) is 44.2 Å². The molecule has 1 aliphatic carbocycles. The number of fused-ring (bicyclic) bond motifs is 1. The molecule has 0 aromatic heterocycles. The Kier molecular flexibility index (Phi) is 7.76. The van der Waals surface area contributed by atoms with E-state index in [1.54, 1.807) is 0 Å². The Morgan fingerprint density at radius 3 is 2.14 bits per heavy atom. The number of benzene rings is 2. The highest BCUT2D eigenvalue weighted by atomic mass is 16.2. The van der Waals surface area contributed by atoms with Gasteiger partial charge < -0.3 is 15.1 Å². The summed E-state index contributed by atoms with van der Waals surface area (Å²) in [5.74, 6) is 1.70. The standard InChI is InChI=1S/C31H41N3O2/c1-22-10-9-11-23(2)29(22)31(36)34-20-26-18-33(19-27(26)21-34)17-16-28(24-12-5-3-6-13-24)32-30(35)25-14-7-4-8-15-25/h3,5-6,9-13,25-28H,4,7-8,14-21H2,1-2H3,(H,32,35)/t26?,27?,28-/m0/s1. The maximum Gasteiger partial charge on any atom is 0.254 e. The third-order valence-corrected chi connectivity index (χ3v) is 8.77. The summed E-state index contributed by atoms with van der Waals surface area (Å²) in [4.78, 5) is 31.0. The van der Waals surface area contributed by atoms with E-state index in [0.29, 0.717) is 11.8 Å². The summed E-state index contributed by atoms with van der Waals surface area (Å²) in [6.07, 6.45) is 6.59. The number of aryl methyl sites for hydroxylation is 2. The van der Waals surface area contributed by atoms with Crippen LogP contribution in [0, 0.1) is 31.6 Å². The molecule has 1 N–H and O–H groups in total. The van der Waals surface area contributed by atoms with Gasteiger partial charge in [0.25, 0.3) is 5.91 Å². The zero-order valence-corrected chi connectivity index (χ0v) is 21.9. The van der Waals surface area contributed by atoms with Crippen LogP contribution in [0.5, 0.6) is 0 Å². The summed E-state index contributed by atoms with van der Waals surface area (Å²) >= 11 is 0. The van der Waals surface area contributed by atoms with E-state index in [2.05, 4.69) is 39.4 Å². The maximum atomic E-state index is 13.3. The fourth-order valence-corrected chi connectivity index (χ4v) is 6.72. The van der Waals surface area contributed by atoms with Gasteiger partial charge in [0.1, 0.15) is 0 Å². The van der Waals surface area contributed by atoms with Gasteiger partial charge in [-0.05, 0) is 61.6 Å². The van der Waals surface area contributed by atoms with E-state index in [1.165, 1.54) is 24.8 Å². The first-order chi connectivity index (χ1) is 17.5. The lowest BCUT2D eigenvalue weighted by Gasteiger charge is -2.27. The SMILES string of the molecule is Cc1cccc(C)c1C(=O)N1CC2CN(CC[C@H](NC(=O)C3CCCCC3)c3ccccc3)CC2C1. The van der Waals surface area contributed by atoms with E-state index in [0.717, 1.165) is 68.7 Å². The number of amides is 2. The molecule has 2 aromatic carbocycles. The van der Waals surface area contributed by atoms with E-state index in [9.17, 15) is 9.59 Å². The quantitative estimate of drug-likeness (QED) is 0.589. The van der Waals surface area contributed by atoms with Crippen molar-refractivity contribution in [2.24, 2.45) is 17.8 Å². The van der Waals surface area contributed by atoms with Crippen molar-refractivity contribution >= 4 is 11.8 Å². The Balaban J connectivity index is 1.16. The van der Waals surface area contributed by atoms with Crippen molar-refractivity contribution in [1.29, 1.82) is 0 Å². The van der Waals surface area contributed by atoms with Crippen LogP contribution < -0.4 is 5.32 Å². The van der Waals surface area contributed by atoms with Gasteiger partial charge in [0.2, 0.25) is 5.91 Å². The van der Waals surface area contributed by atoms with Crippen LogP contribution in [0.3, 0.4) is 0 Å². The Morgan fingerprint density at radius 2 is 1.50 bits per heavy atom. The van der Waals surface area contributed by atoms with Crippen LogP contribution in [0.25, 0.3) is 0 Å². The maximum absolute atomic E-state index is 13.3. The minimum Gasteiger partial charge on any atom is -0.349 e. The Labute approximate surface area is 216 Å². The summed E-state index contributed by atoms with van der Waals surface area (Å²) in [7, 11) is 0. The summed E-state index contributed by atoms with van der Waals surface area (Å²) < 4.78 is 0. The molecule has 3 atom stereocenters. The van der Waals surface area contributed by atoms with Crippen molar-refractivity contribution in [2.75, 3.05) is 32.7 Å². The van der Waals surface area contributed by atoms with Crippen molar-refractivity contribution in [3.05, 3.63) is 70.8 Å². The summed E-state index contributed by atoms with van der Waals surface area (Å²) in [5.41, 5.74) is 4.22. The number of hydrogen-bond acceptors (Lipinski definition) is 3. The lowest BCUT2D eigenvalue weighted by molar-refractivity contribution is -0.126. The largest absolute Gasteiger partial charge is 0.349 e. The fourth-order valence-electron chi connectivity index (χ4n) is 6.72. The third kappa shape index (κ3) is 5.51. The van der Waals surface area contributed by atoms with Crippen LogP contribution in [-0.2, 0) is 4.79 Å². The molecular weight excluding hydrogens is 446 g/mol. The molecule has 3 fully saturated rings. The summed E-state index contributed by atoms with van der Waals surface area (Å²) in [6, 6.07) is 16.6. The highest BCUT2D eigenvalue weighted by molar-refractivity contribution is 5.97. The molecule has 2 aromatic rings. The van der Waals surface area contributed by atoms with Crippen molar-refractivity contribution in [3.63, 3.8) is 0 Å². The van der Waals surface area contributed by atoms with E-state index < -0.39 is 0 Å². The zero-order valence-electron chi connectivity index (χ0n) is 21.9. The smallest absolute Gasteiger partial charge is 0.254 e. The number of hydrogen-bond donors (Lipinski definition) is 1. The molecule has 192 valence electrons. The van der Waals surface area contributed by atoms with Crippen LogP contribution in [0.15, 0.2) is 48.5 Å². The Bertz CT molecular complexity index is 1030. The predicted octanol–water partition coefficient (Wildman–Crippen LogP) is 5.14. The molecule has 2 saturated heterocycles. The summed E-state index contributed by atoms with van der Waals surface area (Å²) in [6.45, 7) is 8.84. The fraction of sp³-hybridized carbons (Fsp3) is 0.548. The molecule has 5 heteroatoms. The van der Waals surface area contributed by atoms with Gasteiger partial charge in [-0.25, -0.2) is 0 Å². The highest BCUT2D eigenvalue weighted by Gasteiger charge is 2.42. The average Bonchev–Trinajstić information content (AvgIpc) is 3.46. The summed E-state index contributed by atoms with van der Waals surface area (Å²) in [5, 5.41) is 3.41. The molecule has 5 rings (SSSR count). The van der Waals surface area contributed by atoms with Crippen LogP contribution in [0.1, 0.15) is 71.6 Å². The van der Waals surface area contributed by atoms with E-state index >= 15 is 0 Å². The van der Waals surface area contributed by atoms with Gasteiger partial charge in [0.05, 0.1) is 6.04 Å². The Morgan fingerprint density at radius 1 is 0.861 bits per heavy atom. The molecule has 0 spiro atoms. The number of carbonyl (C=O) groups excluding carboxylic acids is 2. The molecule has 1 saturated carbocycles. The van der Waals surface area contributed by atoms with Crippen LogP contribution in [-0.4, -0.2) is 54.3 Å². The number of nitrogens with one attached hydrogen (secondary N) is 1. The van der Waals surface area contributed by atoms with Gasteiger partial charge in [-0.1, -0.05) is 67.8 Å². The van der Waals surface area contributed by atoms with Gasteiger partial charge in [-0.2, -0.15) is 0 Å². The first-order valence-corrected chi connectivity index (χ1v) is 13.9. The molecule has 3 aliphatic rings. The molecule has 5 nitrogen and oxygen atoms in total. The van der Waals surface area contributed by atoms with E-state index in [-0.39, 0.29) is 23.8 Å². The normalized spacial score (nSPS) is 23.4. The predicted molar refractivity (Wildman–Crippen MR) is 144 cm³/mol. The van der Waals surface area contributed by atoms with Crippen molar-refractivity contribution < 1.29 is 9.59 Å². The molecule has 2 unspecified atom stereocenters. The van der Waals surface area contributed by atoms with Gasteiger partial charge >= 0.3 is 0 Å². The third-order valence-electron chi connectivity index (χ3n) is 8.77. The average molecular weight is 488 g/mol. The van der Waals surface area contributed by atoms with Crippen molar-refractivity contribution in [1.82, 2.24) is 15.1 Å². The molecule has 2 amide bonds. The van der Waals surface area contributed by atoms with Gasteiger partial charge in [0.15, 0.2) is 0 Å². The lowest BCUT2D eigenvalue weighted by Crippen LogP contribution is -2.37. The van der Waals surface area contributed by atoms with Crippen LogP contribution >= 0.6 is 0 Å². The molecule has 0 radical (unpaired) electrons. The molecular formula is C31H41N3O2. The monoisotopic (exact) mass is 487 g/mol. The second-order valence-corrected chi connectivity index (χ2v) is 11.4. The number of carbonyl (C=O) groups is 2. The molecule has 2 aliphatic heterocycles. The molecule has 2 heterocycles. The Hall–Kier alpha value is -2.66. The van der Waals surface area contributed by atoms with E-state index in [1.807, 2.05) is 38.1 Å². The zero-order chi connectivity index (χ0) is 25.1. The topological polar surface area (TPSA) is 52.7 Å². The first-order valence-electron chi connectivity index (χ1n) is 13.9. The van der Waals surface area contributed by atoms with Crippen molar-refractivity contribution in [2.45, 2.75) is 58.4 Å². The van der Waals surface area contributed by atoms with Gasteiger partial charge in [-0.15, -0.1) is 0 Å². The highest BCUT2D eigenvalue weighted by Crippen LogP contribution is 2.33. The number of likely N-dealkylation sites (tertiary alicyclic amines) is 2.